The van der Waals surface area contributed by atoms with Gasteiger partial charge in [0.25, 0.3) is 11.5 Å². The molecule has 0 fully saturated rings. The Hall–Kier alpha value is -2.92. The predicted molar refractivity (Wildman–Crippen MR) is 105 cm³/mol. The molecule has 138 valence electrons. The van der Waals surface area contributed by atoms with Gasteiger partial charge in [0, 0.05) is 22.5 Å². The quantitative estimate of drug-likeness (QED) is 0.717. The SMILES string of the molecule is Cc1cc(C)cc(NC(=O)c2cccn(Cc3c(F)cccc3Cl)c2=O)c1. The second kappa shape index (κ2) is 7.76. The summed E-state index contributed by atoms with van der Waals surface area (Å²) in [6, 6.07) is 13.0. The van der Waals surface area contributed by atoms with E-state index in [1.54, 1.807) is 12.1 Å². The number of nitrogens with one attached hydrogen (secondary N) is 1. The van der Waals surface area contributed by atoms with Gasteiger partial charge in [-0.15, -0.1) is 0 Å². The molecule has 0 saturated heterocycles. The van der Waals surface area contributed by atoms with Crippen molar-refractivity contribution >= 4 is 23.2 Å². The van der Waals surface area contributed by atoms with Crippen LogP contribution in [0.4, 0.5) is 10.1 Å². The molecule has 1 N–H and O–H groups in total. The molecule has 0 aliphatic rings. The number of halogens is 2. The number of benzene rings is 2. The lowest BCUT2D eigenvalue weighted by Crippen LogP contribution is -2.29. The van der Waals surface area contributed by atoms with E-state index in [1.807, 2.05) is 32.0 Å². The molecule has 0 aliphatic heterocycles. The molecule has 0 saturated carbocycles. The third-order valence-corrected chi connectivity index (χ3v) is 4.49. The number of anilines is 1. The maximum atomic E-state index is 14.0. The average Bonchev–Trinajstić information content (AvgIpc) is 2.58. The summed E-state index contributed by atoms with van der Waals surface area (Å²) in [5, 5.41) is 2.97. The van der Waals surface area contributed by atoms with Crippen LogP contribution in [0.1, 0.15) is 27.0 Å². The number of aromatic nitrogens is 1. The molecule has 1 amide bonds. The van der Waals surface area contributed by atoms with Gasteiger partial charge in [0.15, 0.2) is 0 Å². The molecule has 27 heavy (non-hydrogen) atoms. The van der Waals surface area contributed by atoms with Gasteiger partial charge in [-0.3, -0.25) is 9.59 Å². The summed E-state index contributed by atoms with van der Waals surface area (Å²) in [6.45, 7) is 3.79. The number of carbonyl (C=O) groups excluding carboxylic acids is 1. The van der Waals surface area contributed by atoms with E-state index in [0.29, 0.717) is 5.69 Å². The molecule has 2 aromatic carbocycles. The van der Waals surface area contributed by atoms with Crippen LogP contribution in [-0.4, -0.2) is 10.5 Å². The highest BCUT2D eigenvalue weighted by molar-refractivity contribution is 6.31. The Balaban J connectivity index is 1.90. The van der Waals surface area contributed by atoms with Gasteiger partial charge in [0.1, 0.15) is 11.4 Å². The number of hydrogen-bond acceptors (Lipinski definition) is 2. The van der Waals surface area contributed by atoms with Crippen molar-refractivity contribution in [1.82, 2.24) is 4.57 Å². The monoisotopic (exact) mass is 384 g/mol. The Labute approximate surface area is 161 Å². The van der Waals surface area contributed by atoms with Crippen molar-refractivity contribution in [2.45, 2.75) is 20.4 Å². The van der Waals surface area contributed by atoms with E-state index in [0.717, 1.165) is 11.1 Å². The lowest BCUT2D eigenvalue weighted by Gasteiger charge is -2.11. The zero-order chi connectivity index (χ0) is 19.6. The summed E-state index contributed by atoms with van der Waals surface area (Å²) in [4.78, 5) is 25.3. The minimum absolute atomic E-state index is 0.0240. The lowest BCUT2D eigenvalue weighted by atomic mass is 10.1. The molecule has 0 aliphatic carbocycles. The van der Waals surface area contributed by atoms with E-state index in [9.17, 15) is 14.0 Å². The van der Waals surface area contributed by atoms with Crippen molar-refractivity contribution in [3.05, 3.63) is 98.2 Å². The van der Waals surface area contributed by atoms with Gasteiger partial charge < -0.3 is 9.88 Å². The van der Waals surface area contributed by atoms with Gasteiger partial charge in [-0.05, 0) is 61.4 Å². The van der Waals surface area contributed by atoms with Gasteiger partial charge in [0.05, 0.1) is 6.54 Å². The highest BCUT2D eigenvalue weighted by Gasteiger charge is 2.15. The first kappa shape index (κ1) is 18.9. The highest BCUT2D eigenvalue weighted by atomic mass is 35.5. The molecule has 6 heteroatoms. The Morgan fingerprint density at radius 3 is 2.48 bits per heavy atom. The summed E-state index contributed by atoms with van der Waals surface area (Å²) in [5.74, 6) is -1.02. The summed E-state index contributed by atoms with van der Waals surface area (Å²) < 4.78 is 15.3. The summed E-state index contributed by atoms with van der Waals surface area (Å²) >= 11 is 6.04. The summed E-state index contributed by atoms with van der Waals surface area (Å²) in [6.07, 6.45) is 1.50. The number of hydrogen-bond donors (Lipinski definition) is 1. The third-order valence-electron chi connectivity index (χ3n) is 4.13. The van der Waals surface area contributed by atoms with E-state index in [2.05, 4.69) is 5.32 Å². The number of rotatable bonds is 4. The molecular formula is C21H18ClFN2O2. The second-order valence-electron chi connectivity index (χ2n) is 6.39. The predicted octanol–water partition coefficient (Wildman–Crippen LogP) is 4.56. The van der Waals surface area contributed by atoms with Crippen molar-refractivity contribution in [3.63, 3.8) is 0 Å². The fourth-order valence-corrected chi connectivity index (χ4v) is 3.16. The molecule has 3 rings (SSSR count). The first-order chi connectivity index (χ1) is 12.8. The molecule has 0 unspecified atom stereocenters. The summed E-state index contributed by atoms with van der Waals surface area (Å²) in [5.41, 5.74) is 2.29. The van der Waals surface area contributed by atoms with Gasteiger partial charge in [-0.1, -0.05) is 23.7 Å². The normalized spacial score (nSPS) is 10.7. The van der Waals surface area contributed by atoms with Crippen LogP contribution in [0, 0.1) is 19.7 Å². The Morgan fingerprint density at radius 2 is 1.81 bits per heavy atom. The van der Waals surface area contributed by atoms with Gasteiger partial charge in [-0.2, -0.15) is 0 Å². The number of carbonyl (C=O) groups is 1. The van der Waals surface area contributed by atoms with Crippen molar-refractivity contribution in [1.29, 1.82) is 0 Å². The molecular weight excluding hydrogens is 367 g/mol. The molecule has 0 spiro atoms. The Kier molecular flexibility index (Phi) is 5.42. The highest BCUT2D eigenvalue weighted by Crippen LogP contribution is 2.19. The first-order valence-electron chi connectivity index (χ1n) is 8.37. The van der Waals surface area contributed by atoms with Crippen molar-refractivity contribution in [3.8, 4) is 0 Å². The fraction of sp³-hybridized carbons (Fsp3) is 0.143. The van der Waals surface area contributed by atoms with Crippen LogP contribution in [0.25, 0.3) is 0 Å². The standard InChI is InChI=1S/C21H18ClFN2O2/c1-13-9-14(2)11-15(10-13)24-20(26)16-5-4-8-25(21(16)27)12-17-18(22)6-3-7-19(17)23/h3-11H,12H2,1-2H3,(H,24,26). The van der Waals surface area contributed by atoms with Crippen LogP contribution in [0.15, 0.2) is 59.5 Å². The van der Waals surface area contributed by atoms with E-state index < -0.39 is 17.3 Å². The topological polar surface area (TPSA) is 51.1 Å². The molecule has 4 nitrogen and oxygen atoms in total. The zero-order valence-electron chi connectivity index (χ0n) is 14.9. The van der Waals surface area contributed by atoms with Crippen LogP contribution >= 0.6 is 11.6 Å². The van der Waals surface area contributed by atoms with Crippen LogP contribution in [0.5, 0.6) is 0 Å². The van der Waals surface area contributed by atoms with Gasteiger partial charge in [-0.25, -0.2) is 4.39 Å². The minimum atomic E-state index is -0.515. The maximum absolute atomic E-state index is 14.0. The smallest absolute Gasteiger partial charge is 0.263 e. The van der Waals surface area contributed by atoms with Crippen molar-refractivity contribution < 1.29 is 9.18 Å². The second-order valence-corrected chi connectivity index (χ2v) is 6.79. The number of aryl methyl sites for hydroxylation is 2. The van der Waals surface area contributed by atoms with E-state index in [-0.39, 0.29) is 22.7 Å². The van der Waals surface area contributed by atoms with Crippen LogP contribution < -0.4 is 10.9 Å². The number of nitrogens with zero attached hydrogens (tertiary/aromatic N) is 1. The first-order valence-corrected chi connectivity index (χ1v) is 8.75. The molecule has 1 aromatic heterocycles. The third kappa shape index (κ3) is 4.26. The Morgan fingerprint density at radius 1 is 1.11 bits per heavy atom. The molecule has 3 aromatic rings. The average molecular weight is 385 g/mol. The van der Waals surface area contributed by atoms with Gasteiger partial charge in [0.2, 0.25) is 0 Å². The van der Waals surface area contributed by atoms with Gasteiger partial charge >= 0.3 is 0 Å². The van der Waals surface area contributed by atoms with Crippen molar-refractivity contribution in [2.24, 2.45) is 0 Å². The summed E-state index contributed by atoms with van der Waals surface area (Å²) in [7, 11) is 0. The van der Waals surface area contributed by atoms with E-state index >= 15 is 0 Å². The molecule has 0 bridgehead atoms. The number of amides is 1. The zero-order valence-corrected chi connectivity index (χ0v) is 15.7. The largest absolute Gasteiger partial charge is 0.322 e. The minimum Gasteiger partial charge on any atom is -0.322 e. The molecule has 0 atom stereocenters. The van der Waals surface area contributed by atoms with Crippen LogP contribution in [0.3, 0.4) is 0 Å². The van der Waals surface area contributed by atoms with Crippen molar-refractivity contribution in [2.75, 3.05) is 5.32 Å². The number of pyridine rings is 1. The Bertz CT molecular complexity index is 1040. The molecule has 0 radical (unpaired) electrons. The van der Waals surface area contributed by atoms with Crippen LogP contribution in [-0.2, 0) is 6.54 Å². The van der Waals surface area contributed by atoms with E-state index in [4.69, 9.17) is 11.6 Å². The molecule has 1 heterocycles. The van der Waals surface area contributed by atoms with E-state index in [1.165, 1.54) is 29.0 Å². The van der Waals surface area contributed by atoms with Crippen LogP contribution in [0.2, 0.25) is 5.02 Å². The maximum Gasteiger partial charge on any atom is 0.263 e. The lowest BCUT2D eigenvalue weighted by molar-refractivity contribution is 0.102. The fourth-order valence-electron chi connectivity index (χ4n) is 2.93.